The molecule has 3 aromatic rings. The van der Waals surface area contributed by atoms with Gasteiger partial charge < -0.3 is 20.2 Å². The van der Waals surface area contributed by atoms with Crippen LogP contribution < -0.4 is 14.9 Å². The number of benzene rings is 3. The zero-order chi connectivity index (χ0) is 29.9. The summed E-state index contributed by atoms with van der Waals surface area (Å²) in [6.07, 6.45) is 3.72. The first-order valence-electron chi connectivity index (χ1n) is 13.7. The number of fused-ring (bicyclic) bond motifs is 1. The average molecular weight is 609 g/mol. The largest absolute Gasteiger partial charge is 0.480 e. The lowest BCUT2D eigenvalue weighted by Crippen LogP contribution is -2.45. The molecule has 42 heavy (non-hydrogen) atoms. The van der Waals surface area contributed by atoms with Crippen LogP contribution >= 0.6 is 11.6 Å². The number of anilines is 1. The summed E-state index contributed by atoms with van der Waals surface area (Å²) in [6.45, 7) is 3.26. The van der Waals surface area contributed by atoms with Gasteiger partial charge in [0.25, 0.3) is 0 Å². The molecule has 1 unspecified atom stereocenters. The molecule has 1 amide bonds. The third-order valence-corrected chi connectivity index (χ3v) is 9.37. The number of piperazine rings is 1. The average Bonchev–Trinajstić information content (AvgIpc) is 3.36. The fourth-order valence-electron chi connectivity index (χ4n) is 5.37. The number of amides is 1. The Morgan fingerprint density at radius 2 is 1.69 bits per heavy atom. The van der Waals surface area contributed by atoms with E-state index in [-0.39, 0.29) is 17.7 Å². The van der Waals surface area contributed by atoms with Gasteiger partial charge in [-0.25, -0.2) is 13.2 Å². The molecular weight excluding hydrogens is 576 g/mol. The van der Waals surface area contributed by atoms with E-state index in [1.807, 2.05) is 48.5 Å². The van der Waals surface area contributed by atoms with Crippen LogP contribution in [0.3, 0.4) is 0 Å². The normalized spacial score (nSPS) is 17.6. The number of sulfonamides is 1. The highest BCUT2D eigenvalue weighted by atomic mass is 35.5. The highest BCUT2D eigenvalue weighted by Crippen LogP contribution is 2.37. The summed E-state index contributed by atoms with van der Waals surface area (Å²) in [7, 11) is -1.79. The Hall–Kier alpha value is -3.70. The summed E-state index contributed by atoms with van der Waals surface area (Å²) in [5.74, 6) is -1.53. The van der Waals surface area contributed by atoms with Gasteiger partial charge in [-0.15, -0.1) is 0 Å². The van der Waals surface area contributed by atoms with Crippen LogP contribution in [-0.4, -0.2) is 69.6 Å². The first-order chi connectivity index (χ1) is 20.1. The zero-order valence-electron chi connectivity index (χ0n) is 23.2. The number of carbonyl (C=O) groups is 2. The van der Waals surface area contributed by atoms with Crippen molar-refractivity contribution in [3.05, 3.63) is 100 Å². The van der Waals surface area contributed by atoms with Crippen LogP contribution in [-0.2, 0) is 32.5 Å². The molecule has 2 atom stereocenters. The van der Waals surface area contributed by atoms with Gasteiger partial charge in [0.2, 0.25) is 15.9 Å². The SMILES string of the molecule is CN1CCN(c2ccc3c(c2CC(=O)N[C@H](Cc2ccccc2)C(=O)O)C=CC3NS(=O)(=O)c2ccc(Cl)cc2)CC1. The van der Waals surface area contributed by atoms with Crippen LogP contribution in [0.5, 0.6) is 0 Å². The monoisotopic (exact) mass is 608 g/mol. The van der Waals surface area contributed by atoms with Crippen molar-refractivity contribution in [3.8, 4) is 0 Å². The van der Waals surface area contributed by atoms with Crippen LogP contribution in [0.15, 0.2) is 77.7 Å². The fourth-order valence-corrected chi connectivity index (χ4v) is 6.67. The number of rotatable bonds is 10. The molecule has 3 aromatic carbocycles. The molecule has 9 nitrogen and oxygen atoms in total. The van der Waals surface area contributed by atoms with Crippen LogP contribution in [0.4, 0.5) is 5.69 Å². The summed E-state index contributed by atoms with van der Waals surface area (Å²) < 4.78 is 29.0. The van der Waals surface area contributed by atoms with Crippen molar-refractivity contribution < 1.29 is 23.1 Å². The minimum Gasteiger partial charge on any atom is -0.480 e. The van der Waals surface area contributed by atoms with Gasteiger partial charge in [0, 0.05) is 43.3 Å². The van der Waals surface area contributed by atoms with E-state index in [2.05, 4.69) is 26.9 Å². The molecule has 0 saturated carbocycles. The second-order valence-electron chi connectivity index (χ2n) is 10.6. The van der Waals surface area contributed by atoms with Crippen LogP contribution in [0.2, 0.25) is 5.02 Å². The Morgan fingerprint density at radius 1 is 1.00 bits per heavy atom. The van der Waals surface area contributed by atoms with Gasteiger partial charge in [-0.2, -0.15) is 4.72 Å². The molecule has 5 rings (SSSR count). The second-order valence-corrected chi connectivity index (χ2v) is 12.7. The lowest BCUT2D eigenvalue weighted by molar-refractivity contribution is -0.141. The van der Waals surface area contributed by atoms with Gasteiger partial charge in [0.1, 0.15) is 6.04 Å². The second kappa shape index (κ2) is 12.7. The maximum absolute atomic E-state index is 13.4. The Kier molecular flexibility index (Phi) is 8.98. The predicted molar refractivity (Wildman–Crippen MR) is 163 cm³/mol. The van der Waals surface area contributed by atoms with E-state index in [1.54, 1.807) is 6.08 Å². The number of likely N-dealkylation sites (N-methyl/N-ethyl adjacent to an activating group) is 1. The van der Waals surface area contributed by atoms with Gasteiger partial charge in [-0.1, -0.05) is 60.2 Å². The summed E-state index contributed by atoms with van der Waals surface area (Å²) in [5.41, 5.74) is 3.93. The Balaban J connectivity index is 1.42. The number of nitrogens with one attached hydrogen (secondary N) is 2. The molecule has 2 aliphatic rings. The van der Waals surface area contributed by atoms with Gasteiger partial charge >= 0.3 is 5.97 Å². The topological polar surface area (TPSA) is 119 Å². The molecular formula is C31H33ClN4O5S. The van der Waals surface area contributed by atoms with Gasteiger partial charge in [0.15, 0.2) is 0 Å². The molecule has 1 aliphatic carbocycles. The van der Waals surface area contributed by atoms with Crippen molar-refractivity contribution in [3.63, 3.8) is 0 Å². The summed E-state index contributed by atoms with van der Waals surface area (Å²) in [4.78, 5) is 30.0. The van der Waals surface area contributed by atoms with E-state index in [0.717, 1.165) is 54.1 Å². The van der Waals surface area contributed by atoms with Crippen LogP contribution in [0.25, 0.3) is 6.08 Å². The molecule has 11 heteroatoms. The lowest BCUT2D eigenvalue weighted by Gasteiger charge is -2.36. The smallest absolute Gasteiger partial charge is 0.326 e. The van der Waals surface area contributed by atoms with Crippen molar-refractivity contribution in [2.24, 2.45) is 0 Å². The van der Waals surface area contributed by atoms with E-state index in [4.69, 9.17) is 11.6 Å². The first kappa shape index (κ1) is 29.8. The summed E-state index contributed by atoms with van der Waals surface area (Å²) in [6, 6.07) is 17.2. The van der Waals surface area contributed by atoms with E-state index in [0.29, 0.717) is 5.02 Å². The lowest BCUT2D eigenvalue weighted by atomic mass is 9.96. The summed E-state index contributed by atoms with van der Waals surface area (Å²) >= 11 is 5.94. The Bertz CT molecular complexity index is 1590. The predicted octanol–water partition coefficient (Wildman–Crippen LogP) is 3.49. The maximum Gasteiger partial charge on any atom is 0.326 e. The van der Waals surface area contributed by atoms with E-state index in [9.17, 15) is 23.1 Å². The first-order valence-corrected chi connectivity index (χ1v) is 15.6. The fraction of sp³-hybridized carbons (Fsp3) is 0.290. The van der Waals surface area contributed by atoms with Gasteiger partial charge in [-0.3, -0.25) is 4.79 Å². The van der Waals surface area contributed by atoms with E-state index >= 15 is 0 Å². The molecule has 3 N–H and O–H groups in total. The number of carboxylic acid groups (broad SMARTS) is 1. The number of hydrogen-bond acceptors (Lipinski definition) is 6. The van der Waals surface area contributed by atoms with Crippen molar-refractivity contribution in [2.45, 2.75) is 29.8 Å². The Labute approximate surface area is 250 Å². The van der Waals surface area contributed by atoms with Crippen molar-refractivity contribution in [2.75, 3.05) is 38.1 Å². The molecule has 220 valence electrons. The van der Waals surface area contributed by atoms with Crippen molar-refractivity contribution >= 4 is 45.3 Å². The number of nitrogens with zero attached hydrogens (tertiary/aromatic N) is 2. The van der Waals surface area contributed by atoms with Crippen LogP contribution in [0, 0.1) is 0 Å². The standard InChI is InChI=1S/C31H33ClN4O5S/c1-35-15-17-36(18-16-35)29-14-12-25-24(11-13-27(25)34-42(40,41)23-9-7-22(32)8-10-23)26(29)20-30(37)33-28(31(38)39)19-21-5-3-2-4-6-21/h2-14,27-28,34H,15-20H2,1H3,(H,33,37)(H,38,39)/t27?,28-/m1/s1. The quantitative estimate of drug-likeness (QED) is 0.322. The van der Waals surface area contributed by atoms with Gasteiger partial charge in [-0.05, 0) is 59.6 Å². The van der Waals surface area contributed by atoms with Crippen LogP contribution in [0.1, 0.15) is 28.3 Å². The molecule has 1 fully saturated rings. The molecule has 1 heterocycles. The minimum absolute atomic E-state index is 0.0512. The number of carbonyl (C=O) groups excluding carboxylic acids is 1. The highest BCUT2D eigenvalue weighted by Gasteiger charge is 2.30. The van der Waals surface area contributed by atoms with Crippen molar-refractivity contribution in [1.82, 2.24) is 14.9 Å². The summed E-state index contributed by atoms with van der Waals surface area (Å²) in [5, 5.41) is 13.0. The number of aliphatic carboxylic acids is 1. The highest BCUT2D eigenvalue weighted by molar-refractivity contribution is 7.89. The molecule has 1 saturated heterocycles. The van der Waals surface area contributed by atoms with Crippen molar-refractivity contribution in [1.29, 1.82) is 0 Å². The molecule has 0 spiro atoms. The molecule has 0 aromatic heterocycles. The van der Waals surface area contributed by atoms with Gasteiger partial charge in [0.05, 0.1) is 17.4 Å². The molecule has 0 bridgehead atoms. The van der Waals surface area contributed by atoms with E-state index in [1.165, 1.54) is 24.3 Å². The number of carboxylic acids is 1. The third kappa shape index (κ3) is 6.84. The number of hydrogen-bond donors (Lipinski definition) is 3. The maximum atomic E-state index is 13.4. The Morgan fingerprint density at radius 3 is 2.36 bits per heavy atom. The minimum atomic E-state index is -3.85. The molecule has 1 aliphatic heterocycles. The zero-order valence-corrected chi connectivity index (χ0v) is 24.7. The van der Waals surface area contributed by atoms with E-state index < -0.39 is 34.0 Å². The number of halogens is 1. The molecule has 0 radical (unpaired) electrons. The third-order valence-electron chi connectivity index (χ3n) is 7.66.